The van der Waals surface area contributed by atoms with Gasteiger partial charge in [0.2, 0.25) is 0 Å². The molecular formula is C12H13ClN4O. The molecule has 0 N–H and O–H groups in total. The van der Waals surface area contributed by atoms with Crippen LogP contribution in [-0.4, -0.2) is 31.9 Å². The summed E-state index contributed by atoms with van der Waals surface area (Å²) >= 11 is 6.08. The van der Waals surface area contributed by atoms with E-state index in [9.17, 15) is 4.79 Å². The molecule has 0 atom stereocenters. The normalized spacial score (nSPS) is 14.6. The third-order valence-electron chi connectivity index (χ3n) is 3.36. The number of hydrogen-bond donors (Lipinski definition) is 0. The second kappa shape index (κ2) is 3.95. The number of carbonyl (C=O) groups excluding carboxylic acids is 1. The zero-order valence-electron chi connectivity index (χ0n) is 10.3. The van der Waals surface area contributed by atoms with Crippen molar-refractivity contribution in [2.24, 2.45) is 0 Å². The molecule has 0 saturated carbocycles. The van der Waals surface area contributed by atoms with Gasteiger partial charge in [-0.2, -0.15) is 5.10 Å². The van der Waals surface area contributed by atoms with Crippen LogP contribution in [0.5, 0.6) is 0 Å². The van der Waals surface area contributed by atoms with Gasteiger partial charge in [0.15, 0.2) is 5.15 Å². The van der Waals surface area contributed by atoms with Crippen molar-refractivity contribution in [1.82, 2.24) is 19.5 Å². The maximum absolute atomic E-state index is 12.3. The number of aryl methyl sites for hydroxylation is 1. The summed E-state index contributed by atoms with van der Waals surface area (Å²) in [6.07, 6.45) is 2.37. The topological polar surface area (TPSA) is 50.5 Å². The van der Waals surface area contributed by atoms with Crippen molar-refractivity contribution < 1.29 is 4.79 Å². The smallest absolute Gasteiger partial charge is 0.256 e. The number of fused-ring (bicyclic) bond motifs is 3. The molecule has 2 aromatic rings. The first kappa shape index (κ1) is 11.5. The van der Waals surface area contributed by atoms with Gasteiger partial charge in [-0.3, -0.25) is 4.79 Å². The van der Waals surface area contributed by atoms with Crippen LogP contribution >= 0.6 is 11.6 Å². The highest BCUT2D eigenvalue weighted by Gasteiger charge is 2.33. The summed E-state index contributed by atoms with van der Waals surface area (Å²) in [5.74, 6) is 0.0749. The summed E-state index contributed by atoms with van der Waals surface area (Å²) < 4.78 is 1.74. The molecule has 18 heavy (non-hydrogen) atoms. The Kier molecular flexibility index (Phi) is 2.52. The molecule has 0 aliphatic carbocycles. The molecule has 3 heterocycles. The molecule has 3 rings (SSSR count). The summed E-state index contributed by atoms with van der Waals surface area (Å²) in [7, 11) is 0. The second-order valence-electron chi connectivity index (χ2n) is 4.48. The van der Waals surface area contributed by atoms with Crippen LogP contribution in [0.25, 0.3) is 5.52 Å². The molecule has 1 aliphatic rings. The molecule has 2 aromatic heterocycles. The van der Waals surface area contributed by atoms with Crippen LogP contribution < -0.4 is 0 Å². The monoisotopic (exact) mass is 264 g/mol. The fourth-order valence-corrected chi connectivity index (χ4v) is 2.85. The van der Waals surface area contributed by atoms with E-state index in [0.29, 0.717) is 11.7 Å². The third kappa shape index (κ3) is 1.37. The van der Waals surface area contributed by atoms with Crippen LogP contribution in [0.15, 0.2) is 6.33 Å². The predicted octanol–water partition coefficient (Wildman–Crippen LogP) is 2.06. The van der Waals surface area contributed by atoms with Crippen LogP contribution in [0.4, 0.5) is 0 Å². The minimum absolute atomic E-state index is 0.0749. The first-order chi connectivity index (χ1) is 8.65. The Balaban J connectivity index is 2.23. The van der Waals surface area contributed by atoms with Crippen LogP contribution in [0.1, 0.15) is 35.0 Å². The number of carbonyl (C=O) groups is 1. The first-order valence-electron chi connectivity index (χ1n) is 5.95. The van der Waals surface area contributed by atoms with Gasteiger partial charge in [-0.15, -0.1) is 0 Å². The fraction of sp³-hybridized carbons (Fsp3) is 0.417. The summed E-state index contributed by atoms with van der Waals surface area (Å²) in [5, 5.41) is 4.60. The Bertz CT molecular complexity index is 649. The molecular weight excluding hydrogens is 252 g/mol. The Morgan fingerprint density at radius 3 is 3.00 bits per heavy atom. The number of halogens is 1. The van der Waals surface area contributed by atoms with Crippen molar-refractivity contribution in [2.75, 3.05) is 6.54 Å². The molecule has 1 aliphatic heterocycles. The van der Waals surface area contributed by atoms with Gasteiger partial charge in [0.05, 0.1) is 17.8 Å². The van der Waals surface area contributed by atoms with Crippen molar-refractivity contribution in [1.29, 1.82) is 0 Å². The first-order valence-corrected chi connectivity index (χ1v) is 6.33. The summed E-state index contributed by atoms with van der Waals surface area (Å²) in [6, 6.07) is 0. The Hall–Kier alpha value is -1.62. The quantitative estimate of drug-likeness (QED) is 0.834. The van der Waals surface area contributed by atoms with E-state index in [2.05, 4.69) is 17.0 Å². The van der Waals surface area contributed by atoms with E-state index >= 15 is 0 Å². The highest BCUT2D eigenvalue weighted by Crippen LogP contribution is 2.32. The Morgan fingerprint density at radius 2 is 2.28 bits per heavy atom. The number of amides is 1. The lowest BCUT2D eigenvalue weighted by atomic mass is 10.1. The average molecular weight is 265 g/mol. The van der Waals surface area contributed by atoms with E-state index in [4.69, 9.17) is 11.6 Å². The standard InChI is InChI=1S/C12H13ClN4O/c1-3-4-16-5-8-9(12(16)18)7(2)10-11(13)14-6-15-17(8)10/h6H,3-5H2,1-2H3. The molecule has 1 amide bonds. The van der Waals surface area contributed by atoms with Gasteiger partial charge in [0.25, 0.3) is 5.91 Å². The zero-order valence-corrected chi connectivity index (χ0v) is 11.0. The second-order valence-corrected chi connectivity index (χ2v) is 4.84. The molecule has 5 nitrogen and oxygen atoms in total. The molecule has 0 fully saturated rings. The summed E-state index contributed by atoms with van der Waals surface area (Å²) in [5.41, 5.74) is 3.28. The van der Waals surface area contributed by atoms with Gasteiger partial charge in [-0.05, 0) is 18.9 Å². The van der Waals surface area contributed by atoms with E-state index < -0.39 is 0 Å². The van der Waals surface area contributed by atoms with Crippen molar-refractivity contribution in [3.63, 3.8) is 0 Å². The minimum Gasteiger partial charge on any atom is -0.333 e. The third-order valence-corrected chi connectivity index (χ3v) is 3.63. The van der Waals surface area contributed by atoms with Gasteiger partial charge in [0.1, 0.15) is 11.8 Å². The van der Waals surface area contributed by atoms with Gasteiger partial charge in [-0.1, -0.05) is 18.5 Å². The van der Waals surface area contributed by atoms with Gasteiger partial charge in [0, 0.05) is 6.54 Å². The lowest BCUT2D eigenvalue weighted by Gasteiger charge is -2.14. The highest BCUT2D eigenvalue weighted by molar-refractivity contribution is 6.33. The van der Waals surface area contributed by atoms with E-state index in [1.165, 1.54) is 6.33 Å². The van der Waals surface area contributed by atoms with E-state index in [1.54, 1.807) is 4.52 Å². The van der Waals surface area contributed by atoms with E-state index in [1.807, 2.05) is 11.8 Å². The number of nitrogens with zero attached hydrogens (tertiary/aromatic N) is 4. The molecule has 6 heteroatoms. The number of rotatable bonds is 2. The molecule has 0 radical (unpaired) electrons. The minimum atomic E-state index is 0.0749. The fourth-order valence-electron chi connectivity index (χ4n) is 2.58. The summed E-state index contributed by atoms with van der Waals surface area (Å²) in [4.78, 5) is 18.1. The molecule has 94 valence electrons. The van der Waals surface area contributed by atoms with Crippen LogP contribution in [0.2, 0.25) is 5.15 Å². The van der Waals surface area contributed by atoms with Gasteiger partial charge < -0.3 is 4.90 Å². The van der Waals surface area contributed by atoms with Crippen molar-refractivity contribution in [2.45, 2.75) is 26.8 Å². The molecule has 0 spiro atoms. The predicted molar refractivity (Wildman–Crippen MR) is 67.8 cm³/mol. The van der Waals surface area contributed by atoms with E-state index in [0.717, 1.165) is 35.3 Å². The van der Waals surface area contributed by atoms with Crippen LogP contribution in [-0.2, 0) is 6.54 Å². The number of aromatic nitrogens is 3. The van der Waals surface area contributed by atoms with Crippen molar-refractivity contribution in [3.8, 4) is 0 Å². The van der Waals surface area contributed by atoms with Crippen molar-refractivity contribution >= 4 is 23.0 Å². The Labute approximate surface area is 109 Å². The maximum Gasteiger partial charge on any atom is 0.256 e. The summed E-state index contributed by atoms with van der Waals surface area (Å²) in [6.45, 7) is 5.34. The molecule has 0 bridgehead atoms. The number of hydrogen-bond acceptors (Lipinski definition) is 3. The average Bonchev–Trinajstić information content (AvgIpc) is 2.80. The van der Waals surface area contributed by atoms with Crippen molar-refractivity contribution in [3.05, 3.63) is 28.3 Å². The zero-order chi connectivity index (χ0) is 12.9. The van der Waals surface area contributed by atoms with Gasteiger partial charge in [-0.25, -0.2) is 9.50 Å². The molecule has 0 saturated heterocycles. The highest BCUT2D eigenvalue weighted by atomic mass is 35.5. The Morgan fingerprint density at radius 1 is 1.50 bits per heavy atom. The lowest BCUT2D eigenvalue weighted by molar-refractivity contribution is 0.0777. The molecule has 0 unspecified atom stereocenters. The van der Waals surface area contributed by atoms with Gasteiger partial charge >= 0.3 is 0 Å². The molecule has 0 aromatic carbocycles. The lowest BCUT2D eigenvalue weighted by Crippen LogP contribution is -2.25. The van der Waals surface area contributed by atoms with Crippen LogP contribution in [0.3, 0.4) is 0 Å². The van der Waals surface area contributed by atoms with E-state index in [-0.39, 0.29) is 5.91 Å². The van der Waals surface area contributed by atoms with Crippen LogP contribution in [0, 0.1) is 6.92 Å². The maximum atomic E-state index is 12.3. The largest absolute Gasteiger partial charge is 0.333 e. The SMILES string of the molecule is CCCN1Cc2c(c(C)c3c(Cl)ncnn23)C1=O.